The summed E-state index contributed by atoms with van der Waals surface area (Å²) in [6.45, 7) is 5.67. The molecule has 0 aromatic heterocycles. The summed E-state index contributed by atoms with van der Waals surface area (Å²) in [5, 5.41) is 3.90. The molecule has 0 spiro atoms. The summed E-state index contributed by atoms with van der Waals surface area (Å²) in [5.41, 5.74) is 0.284. The van der Waals surface area contributed by atoms with Crippen LogP contribution in [0.1, 0.15) is 46.0 Å². The lowest BCUT2D eigenvalue weighted by molar-refractivity contribution is -0.195. The van der Waals surface area contributed by atoms with Gasteiger partial charge in [-0.1, -0.05) is 13.8 Å². The Morgan fingerprint density at radius 2 is 2.00 bits per heavy atom. The van der Waals surface area contributed by atoms with Gasteiger partial charge in [0.25, 0.3) is 0 Å². The Balaban J connectivity index is 1.65. The molecular weight excluding hydrogens is 226 g/mol. The average molecular weight is 253 g/mol. The van der Waals surface area contributed by atoms with E-state index < -0.39 is 0 Å². The van der Waals surface area contributed by atoms with E-state index >= 15 is 0 Å². The molecular formula is C15H27NO2. The number of hydrogen-bond acceptors (Lipinski definition) is 3. The van der Waals surface area contributed by atoms with Crippen LogP contribution in [0.15, 0.2) is 0 Å². The van der Waals surface area contributed by atoms with Crippen LogP contribution >= 0.6 is 0 Å². The largest absolute Gasteiger partial charge is 0.380 e. The van der Waals surface area contributed by atoms with Gasteiger partial charge < -0.3 is 14.8 Å². The van der Waals surface area contributed by atoms with Crippen molar-refractivity contribution in [1.29, 1.82) is 0 Å². The quantitative estimate of drug-likeness (QED) is 0.837. The van der Waals surface area contributed by atoms with E-state index in [0.29, 0.717) is 24.3 Å². The van der Waals surface area contributed by atoms with Gasteiger partial charge in [0.2, 0.25) is 0 Å². The number of rotatable bonds is 3. The van der Waals surface area contributed by atoms with Crippen molar-refractivity contribution in [3.05, 3.63) is 0 Å². The van der Waals surface area contributed by atoms with E-state index in [1.54, 1.807) is 0 Å². The molecule has 5 atom stereocenters. The topological polar surface area (TPSA) is 30.5 Å². The van der Waals surface area contributed by atoms with Crippen molar-refractivity contribution in [2.75, 3.05) is 13.7 Å². The highest BCUT2D eigenvalue weighted by molar-refractivity contribution is 5.11. The van der Waals surface area contributed by atoms with Crippen molar-refractivity contribution >= 4 is 0 Å². The zero-order valence-corrected chi connectivity index (χ0v) is 11.9. The summed E-state index contributed by atoms with van der Waals surface area (Å²) < 4.78 is 11.6. The first-order valence-electron chi connectivity index (χ1n) is 7.55. The van der Waals surface area contributed by atoms with Crippen LogP contribution in [0.2, 0.25) is 0 Å². The zero-order chi connectivity index (χ0) is 12.8. The third kappa shape index (κ3) is 1.91. The Morgan fingerprint density at radius 3 is 2.78 bits per heavy atom. The molecule has 104 valence electrons. The van der Waals surface area contributed by atoms with Crippen LogP contribution in [-0.4, -0.2) is 38.0 Å². The summed E-state index contributed by atoms with van der Waals surface area (Å²) in [5.74, 6) is 0.729. The molecule has 2 aliphatic carbocycles. The van der Waals surface area contributed by atoms with E-state index in [4.69, 9.17) is 9.47 Å². The third-order valence-corrected chi connectivity index (χ3v) is 5.48. The fraction of sp³-hybridized carbons (Fsp3) is 1.00. The Labute approximate surface area is 111 Å². The van der Waals surface area contributed by atoms with Crippen LogP contribution < -0.4 is 5.32 Å². The number of methoxy groups -OCH3 is 1. The van der Waals surface area contributed by atoms with Crippen LogP contribution in [-0.2, 0) is 9.47 Å². The molecule has 1 heterocycles. The SMILES string of the molecule is COC1CCCC1NC1C2CCCOC2C1(C)C. The lowest BCUT2D eigenvalue weighted by Gasteiger charge is -2.61. The first-order valence-corrected chi connectivity index (χ1v) is 7.55. The second-order valence-corrected chi connectivity index (χ2v) is 6.87. The summed E-state index contributed by atoms with van der Waals surface area (Å²) in [6, 6.07) is 1.17. The summed E-state index contributed by atoms with van der Waals surface area (Å²) in [7, 11) is 1.85. The van der Waals surface area contributed by atoms with E-state index in [9.17, 15) is 0 Å². The molecule has 5 unspecified atom stereocenters. The molecule has 0 amide bonds. The summed E-state index contributed by atoms with van der Waals surface area (Å²) in [4.78, 5) is 0. The fourth-order valence-corrected chi connectivity index (χ4v) is 4.49. The molecule has 3 heteroatoms. The van der Waals surface area contributed by atoms with Crippen molar-refractivity contribution in [2.24, 2.45) is 11.3 Å². The number of fused-ring (bicyclic) bond motifs is 1. The maximum atomic E-state index is 5.97. The third-order valence-electron chi connectivity index (χ3n) is 5.48. The van der Waals surface area contributed by atoms with Crippen molar-refractivity contribution < 1.29 is 9.47 Å². The van der Waals surface area contributed by atoms with Gasteiger partial charge in [0.05, 0.1) is 12.2 Å². The lowest BCUT2D eigenvalue weighted by Crippen LogP contribution is -2.71. The molecule has 3 rings (SSSR count). The molecule has 1 aliphatic heterocycles. The first-order chi connectivity index (χ1) is 8.64. The van der Waals surface area contributed by atoms with E-state index in [-0.39, 0.29) is 5.41 Å². The standard InChI is InChI=1S/C15H27NO2/c1-15(2)13(10-6-5-9-18-14(10)15)16-11-7-4-8-12(11)17-3/h10-14,16H,4-9H2,1-3H3. The number of hydrogen-bond donors (Lipinski definition) is 1. The molecule has 0 aromatic carbocycles. The molecule has 2 saturated carbocycles. The molecule has 3 fully saturated rings. The molecule has 0 radical (unpaired) electrons. The highest BCUT2D eigenvalue weighted by Gasteiger charge is 2.58. The normalized spacial score (nSPS) is 46.5. The predicted molar refractivity (Wildman–Crippen MR) is 71.6 cm³/mol. The van der Waals surface area contributed by atoms with Crippen molar-refractivity contribution in [2.45, 2.75) is 70.2 Å². The zero-order valence-electron chi connectivity index (χ0n) is 11.9. The van der Waals surface area contributed by atoms with Gasteiger partial charge in [-0.3, -0.25) is 0 Å². The van der Waals surface area contributed by atoms with Gasteiger partial charge in [0, 0.05) is 37.1 Å². The van der Waals surface area contributed by atoms with Gasteiger partial charge in [-0.2, -0.15) is 0 Å². The monoisotopic (exact) mass is 253 g/mol. The molecule has 1 saturated heterocycles. The Morgan fingerprint density at radius 1 is 1.17 bits per heavy atom. The first kappa shape index (κ1) is 12.9. The van der Waals surface area contributed by atoms with E-state index in [1.807, 2.05) is 7.11 Å². The van der Waals surface area contributed by atoms with Gasteiger partial charge in [-0.05, 0) is 32.1 Å². The molecule has 18 heavy (non-hydrogen) atoms. The van der Waals surface area contributed by atoms with Crippen LogP contribution in [0.5, 0.6) is 0 Å². The molecule has 1 N–H and O–H groups in total. The predicted octanol–water partition coefficient (Wildman–Crippen LogP) is 2.35. The van der Waals surface area contributed by atoms with E-state index in [0.717, 1.165) is 12.5 Å². The van der Waals surface area contributed by atoms with Crippen molar-refractivity contribution in [1.82, 2.24) is 5.32 Å². The van der Waals surface area contributed by atoms with Crippen LogP contribution in [0.4, 0.5) is 0 Å². The Bertz CT molecular complexity index is 305. The lowest BCUT2D eigenvalue weighted by atomic mass is 9.55. The highest BCUT2D eigenvalue weighted by atomic mass is 16.5. The van der Waals surface area contributed by atoms with Crippen LogP contribution in [0, 0.1) is 11.3 Å². The minimum atomic E-state index is 0.284. The smallest absolute Gasteiger partial charge is 0.0724 e. The minimum Gasteiger partial charge on any atom is -0.380 e. The molecule has 3 nitrogen and oxygen atoms in total. The second-order valence-electron chi connectivity index (χ2n) is 6.87. The molecule has 0 bridgehead atoms. The maximum absolute atomic E-state index is 5.97. The fourth-order valence-electron chi connectivity index (χ4n) is 4.49. The average Bonchev–Trinajstić information content (AvgIpc) is 2.83. The summed E-state index contributed by atoms with van der Waals surface area (Å²) >= 11 is 0. The Hall–Kier alpha value is -0.120. The molecule has 3 aliphatic rings. The van der Waals surface area contributed by atoms with Gasteiger partial charge >= 0.3 is 0 Å². The van der Waals surface area contributed by atoms with Gasteiger partial charge in [0.15, 0.2) is 0 Å². The van der Waals surface area contributed by atoms with Gasteiger partial charge in [0.1, 0.15) is 0 Å². The van der Waals surface area contributed by atoms with E-state index in [1.165, 1.54) is 32.1 Å². The number of nitrogens with one attached hydrogen (secondary N) is 1. The number of ether oxygens (including phenoxy) is 2. The summed E-state index contributed by atoms with van der Waals surface area (Å²) in [6.07, 6.45) is 7.24. The Kier molecular flexibility index (Phi) is 3.41. The van der Waals surface area contributed by atoms with Crippen molar-refractivity contribution in [3.63, 3.8) is 0 Å². The van der Waals surface area contributed by atoms with Crippen molar-refractivity contribution in [3.8, 4) is 0 Å². The van der Waals surface area contributed by atoms with E-state index in [2.05, 4.69) is 19.2 Å². The van der Waals surface area contributed by atoms with Gasteiger partial charge in [-0.15, -0.1) is 0 Å². The second kappa shape index (κ2) is 4.77. The van der Waals surface area contributed by atoms with Crippen LogP contribution in [0.25, 0.3) is 0 Å². The minimum absolute atomic E-state index is 0.284. The molecule has 0 aromatic rings. The van der Waals surface area contributed by atoms with Gasteiger partial charge in [-0.25, -0.2) is 0 Å². The van der Waals surface area contributed by atoms with Crippen LogP contribution in [0.3, 0.4) is 0 Å². The highest BCUT2D eigenvalue weighted by Crippen LogP contribution is 2.51. The maximum Gasteiger partial charge on any atom is 0.0724 e.